The van der Waals surface area contributed by atoms with Gasteiger partial charge in [0, 0.05) is 11.3 Å². The summed E-state index contributed by atoms with van der Waals surface area (Å²) >= 11 is 0. The van der Waals surface area contributed by atoms with Crippen LogP contribution in [-0.4, -0.2) is 24.3 Å². The minimum absolute atomic E-state index is 0.0420. The summed E-state index contributed by atoms with van der Waals surface area (Å²) in [5, 5.41) is 2.76. The van der Waals surface area contributed by atoms with Crippen LogP contribution < -0.4 is 5.32 Å². The second-order valence-electron chi connectivity index (χ2n) is 5.86. The van der Waals surface area contributed by atoms with Gasteiger partial charge in [-0.1, -0.05) is 6.92 Å². The molecule has 1 heterocycles. The number of Topliss-reactive ketones (excluding diaryl/α,β-unsaturated/α-hetero) is 1. The van der Waals surface area contributed by atoms with Crippen LogP contribution >= 0.6 is 0 Å². The molecule has 0 radical (unpaired) electrons. The molecule has 0 saturated heterocycles. The van der Waals surface area contributed by atoms with Crippen molar-refractivity contribution in [2.45, 2.75) is 26.2 Å². The third kappa shape index (κ3) is 2.55. The molecule has 21 heavy (non-hydrogen) atoms. The van der Waals surface area contributed by atoms with Crippen LogP contribution in [0, 0.1) is 11.8 Å². The third-order valence-corrected chi connectivity index (χ3v) is 4.25. The van der Waals surface area contributed by atoms with Crippen molar-refractivity contribution in [3.05, 3.63) is 29.3 Å². The van der Waals surface area contributed by atoms with Gasteiger partial charge < -0.3 is 10.1 Å². The maximum absolute atomic E-state index is 12.1. The highest BCUT2D eigenvalue weighted by molar-refractivity contribution is 6.05. The van der Waals surface area contributed by atoms with Crippen molar-refractivity contribution in [2.24, 2.45) is 11.8 Å². The predicted octanol–water partition coefficient (Wildman–Crippen LogP) is 2.12. The van der Waals surface area contributed by atoms with Crippen LogP contribution in [0.2, 0.25) is 0 Å². The molecule has 1 amide bonds. The highest BCUT2D eigenvalue weighted by atomic mass is 16.5. The van der Waals surface area contributed by atoms with Crippen LogP contribution in [0.4, 0.5) is 5.69 Å². The van der Waals surface area contributed by atoms with Crippen molar-refractivity contribution < 1.29 is 19.1 Å². The Labute approximate surface area is 122 Å². The Morgan fingerprint density at radius 3 is 2.71 bits per heavy atom. The van der Waals surface area contributed by atoms with Crippen molar-refractivity contribution in [3.63, 3.8) is 0 Å². The Kier molecular flexibility index (Phi) is 3.27. The first-order chi connectivity index (χ1) is 9.97. The van der Waals surface area contributed by atoms with Crippen molar-refractivity contribution in [1.29, 1.82) is 0 Å². The lowest BCUT2D eigenvalue weighted by Gasteiger charge is -2.06. The van der Waals surface area contributed by atoms with E-state index < -0.39 is 0 Å². The number of fused-ring (bicyclic) bond motifs is 1. The minimum atomic E-state index is -0.290. The maximum Gasteiger partial charge on any atom is 0.309 e. The molecule has 1 N–H and O–H groups in total. The molecule has 3 rings (SSSR count). The summed E-state index contributed by atoms with van der Waals surface area (Å²) in [5.74, 6) is -0.537. The molecule has 1 aliphatic carbocycles. The summed E-state index contributed by atoms with van der Waals surface area (Å²) in [7, 11) is 0. The van der Waals surface area contributed by atoms with Crippen LogP contribution in [0.25, 0.3) is 0 Å². The van der Waals surface area contributed by atoms with Crippen molar-refractivity contribution in [1.82, 2.24) is 0 Å². The molecule has 1 aromatic rings. The molecule has 0 aromatic heterocycles. The topological polar surface area (TPSA) is 72.5 Å². The van der Waals surface area contributed by atoms with Crippen LogP contribution in [0.15, 0.2) is 18.2 Å². The molecule has 1 saturated carbocycles. The summed E-state index contributed by atoms with van der Waals surface area (Å²) < 4.78 is 5.05. The highest BCUT2D eigenvalue weighted by Crippen LogP contribution is 2.38. The molecule has 0 bridgehead atoms. The Morgan fingerprint density at radius 2 is 2.05 bits per heavy atom. The minimum Gasteiger partial charge on any atom is -0.457 e. The van der Waals surface area contributed by atoms with Gasteiger partial charge in [0.05, 0.1) is 11.8 Å². The van der Waals surface area contributed by atoms with Gasteiger partial charge in [0.2, 0.25) is 5.91 Å². The van der Waals surface area contributed by atoms with Gasteiger partial charge in [0.1, 0.15) is 0 Å². The fourth-order valence-corrected chi connectivity index (χ4v) is 2.57. The lowest BCUT2D eigenvalue weighted by molar-refractivity contribution is -0.144. The lowest BCUT2D eigenvalue weighted by Crippen LogP contribution is -2.16. The highest BCUT2D eigenvalue weighted by Gasteiger charge is 2.40. The molecule has 5 nitrogen and oxygen atoms in total. The number of anilines is 1. The van der Waals surface area contributed by atoms with E-state index in [-0.39, 0.29) is 36.1 Å². The van der Waals surface area contributed by atoms with Crippen LogP contribution in [0.3, 0.4) is 0 Å². The second-order valence-corrected chi connectivity index (χ2v) is 5.86. The standard InChI is InChI=1S/C16H17NO4/c1-8-5-11(8)16(20)21-7-14(18)10-3-4-13-12(6-10)9(2)15(19)17-13/h3-4,6,8-9,11H,5,7H2,1-2H3,(H,17,19)/t8-,9-,11-/m0/s1. The lowest BCUT2D eigenvalue weighted by atomic mass is 9.99. The number of hydrogen-bond donors (Lipinski definition) is 1. The number of carbonyl (C=O) groups excluding carboxylic acids is 3. The van der Waals surface area contributed by atoms with E-state index in [2.05, 4.69) is 5.32 Å². The van der Waals surface area contributed by atoms with Crippen LogP contribution in [0.5, 0.6) is 0 Å². The molecule has 2 aliphatic rings. The number of esters is 1. The number of amides is 1. The molecule has 0 spiro atoms. The van der Waals surface area contributed by atoms with Crippen molar-refractivity contribution in [2.75, 3.05) is 11.9 Å². The molecular weight excluding hydrogens is 270 g/mol. The van der Waals surface area contributed by atoms with E-state index in [0.717, 1.165) is 17.7 Å². The number of ether oxygens (including phenoxy) is 1. The molecule has 5 heteroatoms. The molecule has 1 aromatic carbocycles. The van der Waals surface area contributed by atoms with E-state index in [9.17, 15) is 14.4 Å². The quantitative estimate of drug-likeness (QED) is 0.680. The zero-order valence-corrected chi connectivity index (χ0v) is 12.0. The van der Waals surface area contributed by atoms with Gasteiger partial charge in [-0.25, -0.2) is 0 Å². The fraction of sp³-hybridized carbons (Fsp3) is 0.438. The fourth-order valence-electron chi connectivity index (χ4n) is 2.57. The number of ketones is 1. The van der Waals surface area contributed by atoms with E-state index >= 15 is 0 Å². The maximum atomic E-state index is 12.1. The molecule has 1 fully saturated rings. The monoisotopic (exact) mass is 287 g/mol. The van der Waals surface area contributed by atoms with E-state index in [4.69, 9.17) is 4.74 Å². The van der Waals surface area contributed by atoms with E-state index in [1.165, 1.54) is 0 Å². The first kappa shape index (κ1) is 13.8. The van der Waals surface area contributed by atoms with Gasteiger partial charge in [0.15, 0.2) is 12.4 Å². The third-order valence-electron chi connectivity index (χ3n) is 4.25. The average molecular weight is 287 g/mol. The number of hydrogen-bond acceptors (Lipinski definition) is 4. The first-order valence-electron chi connectivity index (χ1n) is 7.12. The Balaban J connectivity index is 1.66. The SMILES string of the molecule is C[C@@H]1C(=O)Nc2ccc(C(=O)COC(=O)[C@H]3C[C@@H]3C)cc21. The van der Waals surface area contributed by atoms with Gasteiger partial charge in [-0.3, -0.25) is 14.4 Å². The largest absolute Gasteiger partial charge is 0.457 e. The number of carbonyl (C=O) groups is 3. The Bertz CT molecular complexity index is 637. The molecule has 3 atom stereocenters. The summed E-state index contributed by atoms with van der Waals surface area (Å²) in [4.78, 5) is 35.3. The summed E-state index contributed by atoms with van der Waals surface area (Å²) in [6, 6.07) is 5.07. The van der Waals surface area contributed by atoms with Crippen LogP contribution in [0.1, 0.15) is 42.1 Å². The smallest absolute Gasteiger partial charge is 0.309 e. The van der Waals surface area contributed by atoms with Gasteiger partial charge in [-0.2, -0.15) is 0 Å². The molecular formula is C16H17NO4. The van der Waals surface area contributed by atoms with E-state index in [1.54, 1.807) is 25.1 Å². The van der Waals surface area contributed by atoms with Crippen molar-refractivity contribution >= 4 is 23.3 Å². The number of benzene rings is 1. The predicted molar refractivity (Wildman–Crippen MR) is 76.0 cm³/mol. The second kappa shape index (κ2) is 4.98. The summed E-state index contributed by atoms with van der Waals surface area (Å²) in [6.45, 7) is 3.54. The van der Waals surface area contributed by atoms with Crippen molar-refractivity contribution in [3.8, 4) is 0 Å². The molecule has 0 unspecified atom stereocenters. The van der Waals surface area contributed by atoms with E-state index in [0.29, 0.717) is 11.5 Å². The zero-order valence-electron chi connectivity index (χ0n) is 12.0. The van der Waals surface area contributed by atoms with Gasteiger partial charge in [-0.15, -0.1) is 0 Å². The normalized spacial score (nSPS) is 26.0. The van der Waals surface area contributed by atoms with Gasteiger partial charge in [0.25, 0.3) is 0 Å². The summed E-state index contributed by atoms with van der Waals surface area (Å²) in [5.41, 5.74) is 2.02. The van der Waals surface area contributed by atoms with E-state index in [1.807, 2.05) is 6.92 Å². The Hall–Kier alpha value is -2.17. The average Bonchev–Trinajstić information content (AvgIpc) is 3.13. The Morgan fingerprint density at radius 1 is 1.33 bits per heavy atom. The first-order valence-corrected chi connectivity index (χ1v) is 7.12. The molecule has 1 aliphatic heterocycles. The number of nitrogens with one attached hydrogen (secondary N) is 1. The molecule has 110 valence electrons. The van der Waals surface area contributed by atoms with Crippen LogP contribution in [-0.2, 0) is 14.3 Å². The van der Waals surface area contributed by atoms with Gasteiger partial charge in [-0.05, 0) is 43.0 Å². The zero-order chi connectivity index (χ0) is 15.1. The summed E-state index contributed by atoms with van der Waals surface area (Å²) in [6.07, 6.45) is 0.844. The van der Waals surface area contributed by atoms with Gasteiger partial charge >= 0.3 is 5.97 Å². The number of rotatable bonds is 4.